The smallest absolute Gasteiger partial charge is 0.308 e. The summed E-state index contributed by atoms with van der Waals surface area (Å²) in [5.74, 6) is 0.423. The number of carbonyl (C=O) groups is 1. The van der Waals surface area contributed by atoms with Gasteiger partial charge < -0.3 is 10.6 Å². The predicted molar refractivity (Wildman–Crippen MR) is 126 cm³/mol. The standard InChI is InChI=1S/C25H18F6N4O2/c1-13-9-18(35-14(2)32-21-6-4-3-5-19(21)22(35)36)7-8-20(13)34-23(37)33-17-11-15(24(26,27)28)10-16(12-17)25(29,30)31/h3-12H,1-2H3,(H2,33,34,37). The van der Waals surface area contributed by atoms with Crippen molar-refractivity contribution in [3.63, 3.8) is 0 Å². The first-order chi connectivity index (χ1) is 17.2. The Morgan fingerprint density at radius 3 is 2.05 bits per heavy atom. The number of nitrogens with zero attached hydrogens (tertiary/aromatic N) is 2. The second-order valence-corrected chi connectivity index (χ2v) is 8.19. The fourth-order valence-corrected chi connectivity index (χ4v) is 3.79. The van der Waals surface area contributed by atoms with Crippen LogP contribution < -0.4 is 16.2 Å². The molecule has 0 radical (unpaired) electrons. The summed E-state index contributed by atoms with van der Waals surface area (Å²) in [7, 11) is 0. The molecule has 1 heterocycles. The van der Waals surface area contributed by atoms with Gasteiger partial charge in [0, 0.05) is 11.4 Å². The molecule has 0 aliphatic heterocycles. The highest BCUT2D eigenvalue weighted by atomic mass is 19.4. The summed E-state index contributed by atoms with van der Waals surface area (Å²) in [5.41, 5.74) is -2.39. The quantitative estimate of drug-likeness (QED) is 0.296. The van der Waals surface area contributed by atoms with Crippen molar-refractivity contribution in [2.45, 2.75) is 26.2 Å². The molecule has 0 saturated carbocycles. The third-order valence-electron chi connectivity index (χ3n) is 5.51. The van der Waals surface area contributed by atoms with Crippen LogP contribution in [0, 0.1) is 13.8 Å². The van der Waals surface area contributed by atoms with Gasteiger partial charge in [0.2, 0.25) is 0 Å². The molecule has 0 bridgehead atoms. The van der Waals surface area contributed by atoms with E-state index in [0.29, 0.717) is 40.1 Å². The molecule has 1 aromatic heterocycles. The topological polar surface area (TPSA) is 76.0 Å². The zero-order chi connectivity index (χ0) is 27.1. The van der Waals surface area contributed by atoms with Crippen LogP contribution in [-0.2, 0) is 12.4 Å². The van der Waals surface area contributed by atoms with Crippen LogP contribution in [0.25, 0.3) is 16.6 Å². The number of halogens is 6. The van der Waals surface area contributed by atoms with Gasteiger partial charge in [-0.05, 0) is 67.9 Å². The number of rotatable bonds is 3. The van der Waals surface area contributed by atoms with Gasteiger partial charge in [0.15, 0.2) is 0 Å². The molecule has 2 amide bonds. The summed E-state index contributed by atoms with van der Waals surface area (Å²) in [5, 5.41) is 4.82. The summed E-state index contributed by atoms with van der Waals surface area (Å²) >= 11 is 0. The Labute approximate surface area is 205 Å². The highest BCUT2D eigenvalue weighted by molar-refractivity contribution is 6.00. The number of hydrogen-bond donors (Lipinski definition) is 2. The fraction of sp³-hybridized carbons (Fsp3) is 0.160. The van der Waals surface area contributed by atoms with E-state index in [1.165, 1.54) is 16.7 Å². The van der Waals surface area contributed by atoms with Crippen molar-refractivity contribution in [1.82, 2.24) is 9.55 Å². The lowest BCUT2D eigenvalue weighted by Crippen LogP contribution is -2.23. The van der Waals surface area contributed by atoms with Crippen LogP contribution in [0.3, 0.4) is 0 Å². The number of fused-ring (bicyclic) bond motifs is 1. The molecule has 3 aromatic carbocycles. The monoisotopic (exact) mass is 520 g/mol. The number of aromatic nitrogens is 2. The molecule has 12 heteroatoms. The molecular formula is C25H18F6N4O2. The zero-order valence-corrected chi connectivity index (χ0v) is 19.3. The Morgan fingerprint density at radius 2 is 1.46 bits per heavy atom. The molecule has 0 spiro atoms. The van der Waals surface area contributed by atoms with Crippen molar-refractivity contribution in [3.05, 3.63) is 93.5 Å². The van der Waals surface area contributed by atoms with Crippen LogP contribution in [0.5, 0.6) is 0 Å². The van der Waals surface area contributed by atoms with Crippen LogP contribution in [0.1, 0.15) is 22.5 Å². The van der Waals surface area contributed by atoms with Gasteiger partial charge in [0.25, 0.3) is 5.56 Å². The highest BCUT2D eigenvalue weighted by Crippen LogP contribution is 2.37. The van der Waals surface area contributed by atoms with Gasteiger partial charge in [-0.25, -0.2) is 9.78 Å². The van der Waals surface area contributed by atoms with Gasteiger partial charge in [-0.3, -0.25) is 9.36 Å². The van der Waals surface area contributed by atoms with Crippen LogP contribution in [0.4, 0.5) is 42.5 Å². The Kier molecular flexibility index (Phi) is 6.44. The lowest BCUT2D eigenvalue weighted by Gasteiger charge is -2.16. The van der Waals surface area contributed by atoms with Crippen molar-refractivity contribution in [1.29, 1.82) is 0 Å². The van der Waals surface area contributed by atoms with E-state index < -0.39 is 35.2 Å². The van der Waals surface area contributed by atoms with E-state index in [1.807, 2.05) is 5.32 Å². The number of urea groups is 1. The molecule has 0 atom stereocenters. The molecule has 4 rings (SSSR count). The molecular weight excluding hydrogens is 502 g/mol. The van der Waals surface area contributed by atoms with Gasteiger partial charge in [0.1, 0.15) is 5.82 Å². The molecule has 0 aliphatic rings. The number of aryl methyl sites for hydroxylation is 2. The average molecular weight is 520 g/mol. The van der Waals surface area contributed by atoms with Crippen molar-refractivity contribution in [2.75, 3.05) is 10.6 Å². The van der Waals surface area contributed by atoms with E-state index in [0.717, 1.165) is 0 Å². The summed E-state index contributed by atoms with van der Waals surface area (Å²) in [4.78, 5) is 29.9. The number of hydrogen-bond acceptors (Lipinski definition) is 3. The number of amides is 2. The van der Waals surface area contributed by atoms with Crippen LogP contribution >= 0.6 is 0 Å². The van der Waals surface area contributed by atoms with Gasteiger partial charge in [-0.1, -0.05) is 12.1 Å². The summed E-state index contributed by atoms with van der Waals surface area (Å²) in [6, 6.07) is 11.1. The third kappa shape index (κ3) is 5.42. The molecule has 0 fully saturated rings. The van der Waals surface area contributed by atoms with Crippen molar-refractivity contribution >= 4 is 28.3 Å². The van der Waals surface area contributed by atoms with Crippen LogP contribution in [-0.4, -0.2) is 15.6 Å². The number of anilines is 2. The SMILES string of the molecule is Cc1cc(-n2c(C)nc3ccccc3c2=O)ccc1NC(=O)Nc1cc(C(F)(F)F)cc(C(F)(F)F)c1. The third-order valence-corrected chi connectivity index (χ3v) is 5.51. The Bertz CT molecular complexity index is 1540. The number of carbonyl (C=O) groups excluding carboxylic acids is 1. The molecule has 0 saturated heterocycles. The zero-order valence-electron chi connectivity index (χ0n) is 19.3. The maximum Gasteiger partial charge on any atom is 0.416 e. The maximum atomic E-state index is 13.1. The first kappa shape index (κ1) is 25.7. The second-order valence-electron chi connectivity index (χ2n) is 8.19. The minimum Gasteiger partial charge on any atom is -0.308 e. The van der Waals surface area contributed by atoms with Gasteiger partial charge in [-0.2, -0.15) is 26.3 Å². The first-order valence-corrected chi connectivity index (χ1v) is 10.7. The number of nitrogens with one attached hydrogen (secondary N) is 2. The minimum atomic E-state index is -5.05. The average Bonchev–Trinajstić information content (AvgIpc) is 2.79. The van der Waals surface area contributed by atoms with E-state index in [9.17, 15) is 35.9 Å². The maximum absolute atomic E-state index is 13.1. The van der Waals surface area contributed by atoms with E-state index in [2.05, 4.69) is 10.3 Å². The lowest BCUT2D eigenvalue weighted by molar-refractivity contribution is -0.143. The number of para-hydroxylation sites is 1. The van der Waals surface area contributed by atoms with Crippen molar-refractivity contribution in [3.8, 4) is 5.69 Å². The molecule has 4 aromatic rings. The Morgan fingerprint density at radius 1 is 0.838 bits per heavy atom. The number of alkyl halides is 6. The summed E-state index contributed by atoms with van der Waals surface area (Å²) in [6.07, 6.45) is -10.1. The van der Waals surface area contributed by atoms with Gasteiger partial charge in [-0.15, -0.1) is 0 Å². The molecule has 2 N–H and O–H groups in total. The molecule has 37 heavy (non-hydrogen) atoms. The van der Waals surface area contributed by atoms with E-state index in [1.54, 1.807) is 44.2 Å². The van der Waals surface area contributed by atoms with Gasteiger partial charge in [0.05, 0.1) is 27.7 Å². The fourth-order valence-electron chi connectivity index (χ4n) is 3.79. The highest BCUT2D eigenvalue weighted by Gasteiger charge is 2.37. The largest absolute Gasteiger partial charge is 0.416 e. The molecule has 0 unspecified atom stereocenters. The molecule has 6 nitrogen and oxygen atoms in total. The predicted octanol–water partition coefficient (Wildman–Crippen LogP) is 6.68. The van der Waals surface area contributed by atoms with Gasteiger partial charge >= 0.3 is 18.4 Å². The van der Waals surface area contributed by atoms with E-state index >= 15 is 0 Å². The van der Waals surface area contributed by atoms with Crippen LogP contribution in [0.2, 0.25) is 0 Å². The first-order valence-electron chi connectivity index (χ1n) is 10.7. The molecule has 192 valence electrons. The second kappa shape index (κ2) is 9.26. The normalized spacial score (nSPS) is 12.0. The number of benzene rings is 3. The Balaban J connectivity index is 1.60. The summed E-state index contributed by atoms with van der Waals surface area (Å²) < 4.78 is 79.8. The van der Waals surface area contributed by atoms with Crippen molar-refractivity contribution < 1.29 is 31.1 Å². The minimum absolute atomic E-state index is 0.0302. The Hall–Kier alpha value is -4.35. The van der Waals surface area contributed by atoms with E-state index in [-0.39, 0.29) is 17.3 Å². The lowest BCUT2D eigenvalue weighted by atomic mass is 10.1. The van der Waals surface area contributed by atoms with Crippen LogP contribution in [0.15, 0.2) is 65.5 Å². The molecule has 0 aliphatic carbocycles. The van der Waals surface area contributed by atoms with E-state index in [4.69, 9.17) is 0 Å². The summed E-state index contributed by atoms with van der Waals surface area (Å²) in [6.45, 7) is 3.27. The van der Waals surface area contributed by atoms with Crippen molar-refractivity contribution in [2.24, 2.45) is 0 Å².